The summed E-state index contributed by atoms with van der Waals surface area (Å²) in [7, 11) is 1.83. The van der Waals surface area contributed by atoms with Gasteiger partial charge in [0.05, 0.1) is 17.5 Å². The van der Waals surface area contributed by atoms with Crippen molar-refractivity contribution in [2.75, 3.05) is 5.32 Å². The Bertz CT molecular complexity index is 1230. The summed E-state index contributed by atoms with van der Waals surface area (Å²) in [6.45, 7) is 2.23. The number of hydrogen-bond acceptors (Lipinski definition) is 7. The van der Waals surface area contributed by atoms with E-state index in [0.29, 0.717) is 42.1 Å². The number of alkyl carbamates (subject to hydrolysis) is 1. The molecule has 9 nitrogen and oxygen atoms in total. The van der Waals surface area contributed by atoms with Crippen LogP contribution in [0.15, 0.2) is 35.1 Å². The molecule has 2 N–H and O–H groups in total. The van der Waals surface area contributed by atoms with Crippen LogP contribution in [0.2, 0.25) is 0 Å². The van der Waals surface area contributed by atoms with Gasteiger partial charge in [0.25, 0.3) is 0 Å². The first-order valence-electron chi connectivity index (χ1n) is 10.4. The highest BCUT2D eigenvalue weighted by Crippen LogP contribution is 2.38. The third-order valence-electron chi connectivity index (χ3n) is 5.32. The van der Waals surface area contributed by atoms with Crippen molar-refractivity contribution in [1.29, 1.82) is 5.26 Å². The Morgan fingerprint density at radius 3 is 3.03 bits per heavy atom. The third-order valence-corrected chi connectivity index (χ3v) is 6.49. The quantitative estimate of drug-likeness (QED) is 0.536. The van der Waals surface area contributed by atoms with Gasteiger partial charge in [-0.25, -0.2) is 4.79 Å². The molecule has 0 aromatic carbocycles. The zero-order chi connectivity index (χ0) is 23.4. The molecule has 10 heteroatoms. The predicted octanol–water partition coefficient (Wildman–Crippen LogP) is 3.69. The van der Waals surface area contributed by atoms with E-state index < -0.39 is 6.09 Å². The highest BCUT2D eigenvalue weighted by atomic mass is 32.1. The molecule has 1 aliphatic rings. The predicted molar refractivity (Wildman–Crippen MR) is 122 cm³/mol. The van der Waals surface area contributed by atoms with E-state index >= 15 is 0 Å². The summed E-state index contributed by atoms with van der Waals surface area (Å²) >= 11 is 1.35. The van der Waals surface area contributed by atoms with Crippen LogP contribution in [0.25, 0.3) is 6.08 Å². The Labute approximate surface area is 194 Å². The lowest BCUT2D eigenvalue weighted by atomic mass is 9.94. The number of nitriles is 1. The highest BCUT2D eigenvalue weighted by molar-refractivity contribution is 7.16. The molecule has 3 heterocycles. The van der Waals surface area contributed by atoms with Gasteiger partial charge in [0, 0.05) is 42.7 Å². The molecule has 0 saturated heterocycles. The van der Waals surface area contributed by atoms with Crippen molar-refractivity contribution >= 4 is 34.4 Å². The van der Waals surface area contributed by atoms with Crippen LogP contribution in [0.3, 0.4) is 0 Å². The third kappa shape index (κ3) is 5.32. The van der Waals surface area contributed by atoms with Crippen LogP contribution in [0, 0.1) is 18.3 Å². The number of furan rings is 1. The fraction of sp³-hybridized carbons (Fsp3) is 0.304. The number of thiophene rings is 1. The number of aromatic nitrogens is 2. The zero-order valence-corrected chi connectivity index (χ0v) is 19.1. The van der Waals surface area contributed by atoms with Crippen LogP contribution in [0.4, 0.5) is 9.80 Å². The highest BCUT2D eigenvalue weighted by Gasteiger charge is 2.28. The number of fused-ring (bicyclic) bond motifs is 1. The molecule has 0 radical (unpaired) electrons. The second-order valence-corrected chi connectivity index (χ2v) is 8.80. The molecule has 0 spiro atoms. The van der Waals surface area contributed by atoms with Gasteiger partial charge in [-0.3, -0.25) is 9.48 Å². The molecule has 4 rings (SSSR count). The van der Waals surface area contributed by atoms with Gasteiger partial charge in [0.1, 0.15) is 22.9 Å². The molecule has 3 aromatic rings. The van der Waals surface area contributed by atoms with Gasteiger partial charge >= 0.3 is 6.09 Å². The monoisotopic (exact) mass is 465 g/mol. The van der Waals surface area contributed by atoms with Crippen molar-refractivity contribution in [3.05, 3.63) is 63.7 Å². The molecule has 1 unspecified atom stereocenters. The van der Waals surface area contributed by atoms with Crippen molar-refractivity contribution in [1.82, 2.24) is 15.1 Å². The molecule has 0 saturated carbocycles. The Morgan fingerprint density at radius 2 is 2.33 bits per heavy atom. The van der Waals surface area contributed by atoms with Crippen LogP contribution < -0.4 is 10.6 Å². The molecule has 1 aliphatic carbocycles. The minimum absolute atomic E-state index is 0.292. The topological polar surface area (TPSA) is 122 Å². The number of nitrogens with one attached hydrogen (secondary N) is 2. The van der Waals surface area contributed by atoms with Crippen LogP contribution in [0.5, 0.6) is 0 Å². The Balaban J connectivity index is 1.36. The lowest BCUT2D eigenvalue weighted by molar-refractivity contribution is -0.111. The average molecular weight is 466 g/mol. The number of amides is 2. The first-order chi connectivity index (χ1) is 15.9. The van der Waals surface area contributed by atoms with Crippen molar-refractivity contribution in [3.63, 3.8) is 0 Å². The largest absolute Gasteiger partial charge is 0.465 e. The molecule has 0 fully saturated rings. The number of carbonyl (C=O) groups is 2. The lowest BCUT2D eigenvalue weighted by Gasteiger charge is -2.22. The first kappa shape index (κ1) is 22.4. The smallest absolute Gasteiger partial charge is 0.407 e. The normalized spacial score (nSPS) is 15.1. The van der Waals surface area contributed by atoms with E-state index in [9.17, 15) is 14.9 Å². The maximum Gasteiger partial charge on any atom is 0.407 e. The van der Waals surface area contributed by atoms with Gasteiger partial charge in [-0.2, -0.15) is 10.4 Å². The molecule has 0 aliphatic heterocycles. The first-order valence-corrected chi connectivity index (χ1v) is 11.3. The van der Waals surface area contributed by atoms with E-state index in [1.165, 1.54) is 23.7 Å². The number of rotatable bonds is 6. The van der Waals surface area contributed by atoms with Crippen molar-refractivity contribution in [2.24, 2.45) is 7.05 Å². The van der Waals surface area contributed by atoms with Crippen LogP contribution >= 0.6 is 11.3 Å². The summed E-state index contributed by atoms with van der Waals surface area (Å²) in [6, 6.07) is 5.68. The van der Waals surface area contributed by atoms with E-state index in [-0.39, 0.29) is 12.0 Å². The van der Waals surface area contributed by atoms with Crippen molar-refractivity contribution < 1.29 is 18.7 Å². The van der Waals surface area contributed by atoms with Gasteiger partial charge in [-0.1, -0.05) is 0 Å². The number of anilines is 1. The summed E-state index contributed by atoms with van der Waals surface area (Å²) in [5.41, 5.74) is 3.18. The Morgan fingerprint density at radius 1 is 1.48 bits per heavy atom. The minimum atomic E-state index is -0.486. The second-order valence-electron chi connectivity index (χ2n) is 7.69. The maximum atomic E-state index is 12.3. The fourth-order valence-corrected chi connectivity index (χ4v) is 5.01. The van der Waals surface area contributed by atoms with Gasteiger partial charge < -0.3 is 19.8 Å². The number of nitrogens with zero attached hydrogens (tertiary/aromatic N) is 3. The van der Waals surface area contributed by atoms with E-state index in [1.807, 2.05) is 20.2 Å². The van der Waals surface area contributed by atoms with Gasteiger partial charge in [0.2, 0.25) is 5.91 Å². The van der Waals surface area contributed by atoms with Crippen molar-refractivity contribution in [2.45, 2.75) is 38.8 Å². The lowest BCUT2D eigenvalue weighted by Crippen LogP contribution is -2.31. The summed E-state index contributed by atoms with van der Waals surface area (Å²) in [5.74, 6) is 0.215. The fourth-order valence-electron chi connectivity index (χ4n) is 3.74. The molecule has 0 bridgehead atoms. The number of ether oxygens (including phenoxy) is 1. The second kappa shape index (κ2) is 9.75. The molecule has 33 heavy (non-hydrogen) atoms. The van der Waals surface area contributed by atoms with E-state index in [4.69, 9.17) is 9.15 Å². The maximum absolute atomic E-state index is 12.3. The summed E-state index contributed by atoms with van der Waals surface area (Å²) in [6.07, 6.45) is 7.25. The van der Waals surface area contributed by atoms with E-state index in [1.54, 1.807) is 22.9 Å². The SMILES string of the molecule is Cc1nn(C)cc1CNC(=O)OC1CCc2c(sc(NC(=O)C=Cc3ccco3)c2C#N)C1. The summed E-state index contributed by atoms with van der Waals surface area (Å²) in [4.78, 5) is 25.5. The molecule has 2 amide bonds. The average Bonchev–Trinajstić information content (AvgIpc) is 3.49. The Kier molecular flexibility index (Phi) is 6.60. The zero-order valence-electron chi connectivity index (χ0n) is 18.3. The van der Waals surface area contributed by atoms with Crippen molar-refractivity contribution in [3.8, 4) is 6.07 Å². The van der Waals surface area contributed by atoms with Crippen LogP contribution in [-0.2, 0) is 36.0 Å². The summed E-state index contributed by atoms with van der Waals surface area (Å²) in [5, 5.41) is 20.0. The van der Waals surface area contributed by atoms with E-state index in [2.05, 4.69) is 21.8 Å². The number of hydrogen-bond donors (Lipinski definition) is 2. The summed E-state index contributed by atoms with van der Waals surface area (Å²) < 4.78 is 12.5. The molecule has 1 atom stereocenters. The number of carbonyl (C=O) groups excluding carboxylic acids is 2. The van der Waals surface area contributed by atoms with Crippen LogP contribution in [-0.4, -0.2) is 27.9 Å². The molecule has 3 aromatic heterocycles. The molecular formula is C23H23N5O4S. The standard InChI is InChI=1S/C23H23N5O4S/c1-14-15(13-28(2)27-14)12-25-23(30)32-17-5-7-18-19(11-24)22(33-20(18)10-17)26-21(29)8-6-16-4-3-9-31-16/h3-4,6,8-9,13,17H,5,7,10,12H2,1-2H3,(H,25,30)(H,26,29). The van der Waals surface area contributed by atoms with Gasteiger partial charge in [-0.15, -0.1) is 11.3 Å². The molecular weight excluding hydrogens is 442 g/mol. The Hall–Kier alpha value is -3.84. The van der Waals surface area contributed by atoms with Crippen LogP contribution in [0.1, 0.15) is 39.4 Å². The van der Waals surface area contributed by atoms with Gasteiger partial charge in [-0.05, 0) is 43.5 Å². The minimum Gasteiger partial charge on any atom is -0.465 e. The van der Waals surface area contributed by atoms with E-state index in [0.717, 1.165) is 21.7 Å². The van der Waals surface area contributed by atoms with Gasteiger partial charge in [0.15, 0.2) is 0 Å². The molecule has 170 valence electrons. The number of aryl methyl sites for hydroxylation is 2.